The molecule has 4 heteroatoms. The maximum Gasteiger partial charge on any atom is 0.123 e. The van der Waals surface area contributed by atoms with Crippen LogP contribution in [0.3, 0.4) is 0 Å². The van der Waals surface area contributed by atoms with E-state index in [1.54, 1.807) is 7.11 Å². The predicted octanol–water partition coefficient (Wildman–Crippen LogP) is 2.01. The van der Waals surface area contributed by atoms with E-state index in [0.29, 0.717) is 12.6 Å². The highest BCUT2D eigenvalue weighted by molar-refractivity contribution is 5.37. The summed E-state index contributed by atoms with van der Waals surface area (Å²) < 4.78 is 5.49. The third kappa shape index (κ3) is 5.49. The van der Waals surface area contributed by atoms with E-state index in [1.165, 1.54) is 11.1 Å². The largest absolute Gasteiger partial charge is 0.496 e. The Hall–Kier alpha value is -1.10. The smallest absolute Gasteiger partial charge is 0.123 e. The Balaban J connectivity index is 2.75. The van der Waals surface area contributed by atoms with Crippen LogP contribution in [0.15, 0.2) is 18.2 Å². The fraction of sp³-hybridized carbons (Fsp3) is 0.625. The number of benzene rings is 1. The van der Waals surface area contributed by atoms with Gasteiger partial charge in [0.1, 0.15) is 5.75 Å². The molecule has 0 aliphatic carbocycles. The molecule has 2 N–H and O–H groups in total. The van der Waals surface area contributed by atoms with Gasteiger partial charge in [0.15, 0.2) is 0 Å². The molecule has 1 aromatic rings. The average molecular weight is 280 g/mol. The van der Waals surface area contributed by atoms with Gasteiger partial charge in [-0.15, -0.1) is 0 Å². The highest BCUT2D eigenvalue weighted by atomic mass is 16.5. The molecule has 1 rings (SSSR count). The van der Waals surface area contributed by atoms with Gasteiger partial charge in [-0.05, 0) is 18.2 Å². The summed E-state index contributed by atoms with van der Waals surface area (Å²) in [4.78, 5) is 2.21. The molecule has 0 bridgehead atoms. The molecular formula is C16H28N2O2. The molecule has 0 saturated heterocycles. The molecule has 0 saturated carbocycles. The fourth-order valence-corrected chi connectivity index (χ4v) is 2.10. The molecule has 0 amide bonds. The quantitative estimate of drug-likeness (QED) is 0.726. The summed E-state index contributed by atoms with van der Waals surface area (Å²) in [6.45, 7) is 9.86. The second-order valence-corrected chi connectivity index (χ2v) is 5.27. The number of likely N-dealkylation sites (N-methyl/N-ethyl adjacent to an activating group) is 1. The van der Waals surface area contributed by atoms with Gasteiger partial charge in [0.25, 0.3) is 0 Å². The minimum absolute atomic E-state index is 0.196. The van der Waals surface area contributed by atoms with Gasteiger partial charge in [-0.2, -0.15) is 0 Å². The van der Waals surface area contributed by atoms with Gasteiger partial charge < -0.3 is 15.2 Å². The van der Waals surface area contributed by atoms with Crippen molar-refractivity contribution in [3.63, 3.8) is 0 Å². The third-order valence-electron chi connectivity index (χ3n) is 3.32. The van der Waals surface area contributed by atoms with Crippen LogP contribution in [0.2, 0.25) is 0 Å². The van der Waals surface area contributed by atoms with E-state index >= 15 is 0 Å². The first kappa shape index (κ1) is 17.0. The van der Waals surface area contributed by atoms with E-state index in [9.17, 15) is 0 Å². The summed E-state index contributed by atoms with van der Waals surface area (Å²) in [6, 6.07) is 6.81. The van der Waals surface area contributed by atoms with Crippen molar-refractivity contribution >= 4 is 0 Å². The second kappa shape index (κ2) is 8.95. The van der Waals surface area contributed by atoms with Gasteiger partial charge >= 0.3 is 0 Å². The van der Waals surface area contributed by atoms with Gasteiger partial charge in [-0.1, -0.05) is 32.9 Å². The van der Waals surface area contributed by atoms with Crippen LogP contribution in [-0.4, -0.2) is 42.9 Å². The number of rotatable bonds is 9. The zero-order valence-corrected chi connectivity index (χ0v) is 13.1. The van der Waals surface area contributed by atoms with Crippen LogP contribution < -0.4 is 10.1 Å². The first-order valence-corrected chi connectivity index (χ1v) is 7.33. The number of nitrogens with zero attached hydrogens (tertiary/aromatic N) is 1. The van der Waals surface area contributed by atoms with E-state index in [2.05, 4.69) is 49.2 Å². The Morgan fingerprint density at radius 3 is 2.65 bits per heavy atom. The summed E-state index contributed by atoms with van der Waals surface area (Å²) in [6.07, 6.45) is 0. The number of hydrogen-bond donors (Lipinski definition) is 2. The minimum Gasteiger partial charge on any atom is -0.496 e. The second-order valence-electron chi connectivity index (χ2n) is 5.27. The summed E-state index contributed by atoms with van der Waals surface area (Å²) in [7, 11) is 1.71. The monoisotopic (exact) mass is 280 g/mol. The van der Waals surface area contributed by atoms with Crippen LogP contribution in [0, 0.1) is 0 Å². The van der Waals surface area contributed by atoms with Crippen LogP contribution in [0.5, 0.6) is 5.75 Å². The Labute approximate surface area is 122 Å². The third-order valence-corrected chi connectivity index (χ3v) is 3.32. The summed E-state index contributed by atoms with van der Waals surface area (Å²) >= 11 is 0. The normalized spacial score (nSPS) is 11.3. The lowest BCUT2D eigenvalue weighted by molar-refractivity contribution is 0.196. The Bertz CT molecular complexity index is 394. The standard InChI is InChI=1S/C16H28N2O2/c1-5-18(8-9-19)12-14-6-7-15(11-17-13(2)3)16(10-14)20-4/h6-7,10,13,17,19H,5,8-9,11-12H2,1-4H3. The van der Waals surface area contributed by atoms with Crippen LogP contribution >= 0.6 is 0 Å². The van der Waals surface area contributed by atoms with Crippen molar-refractivity contribution in [1.82, 2.24) is 10.2 Å². The van der Waals surface area contributed by atoms with E-state index in [4.69, 9.17) is 9.84 Å². The molecule has 114 valence electrons. The van der Waals surface area contributed by atoms with Crippen molar-refractivity contribution in [1.29, 1.82) is 0 Å². The number of aliphatic hydroxyl groups is 1. The van der Waals surface area contributed by atoms with Crippen molar-refractivity contribution in [2.75, 3.05) is 26.8 Å². The predicted molar refractivity (Wildman–Crippen MR) is 83.0 cm³/mol. The first-order valence-electron chi connectivity index (χ1n) is 7.33. The van der Waals surface area contributed by atoms with Gasteiger partial charge in [0, 0.05) is 31.2 Å². The molecule has 0 fully saturated rings. The Morgan fingerprint density at radius 2 is 2.10 bits per heavy atom. The van der Waals surface area contributed by atoms with E-state index in [1.807, 2.05) is 0 Å². The maximum atomic E-state index is 9.04. The molecule has 0 aromatic heterocycles. The van der Waals surface area contributed by atoms with Crippen molar-refractivity contribution < 1.29 is 9.84 Å². The van der Waals surface area contributed by atoms with Gasteiger partial charge in [0.05, 0.1) is 13.7 Å². The highest BCUT2D eigenvalue weighted by Crippen LogP contribution is 2.21. The van der Waals surface area contributed by atoms with Crippen molar-refractivity contribution in [2.24, 2.45) is 0 Å². The fourth-order valence-electron chi connectivity index (χ4n) is 2.10. The number of methoxy groups -OCH3 is 1. The van der Waals surface area contributed by atoms with E-state index < -0.39 is 0 Å². The van der Waals surface area contributed by atoms with Crippen LogP contribution in [0.1, 0.15) is 31.9 Å². The molecule has 0 atom stereocenters. The molecule has 20 heavy (non-hydrogen) atoms. The Kier molecular flexibility index (Phi) is 7.59. The number of nitrogens with one attached hydrogen (secondary N) is 1. The van der Waals surface area contributed by atoms with Crippen molar-refractivity contribution in [3.05, 3.63) is 29.3 Å². The molecular weight excluding hydrogens is 252 g/mol. The lowest BCUT2D eigenvalue weighted by atomic mass is 10.1. The number of ether oxygens (including phenoxy) is 1. The minimum atomic E-state index is 0.196. The number of hydrogen-bond acceptors (Lipinski definition) is 4. The molecule has 0 unspecified atom stereocenters. The molecule has 0 radical (unpaired) electrons. The van der Waals surface area contributed by atoms with Gasteiger partial charge in [-0.25, -0.2) is 0 Å². The summed E-state index contributed by atoms with van der Waals surface area (Å²) in [5.41, 5.74) is 2.39. The van der Waals surface area contributed by atoms with E-state index in [-0.39, 0.29) is 6.61 Å². The summed E-state index contributed by atoms with van der Waals surface area (Å²) in [5, 5.41) is 12.4. The van der Waals surface area contributed by atoms with Crippen LogP contribution in [-0.2, 0) is 13.1 Å². The first-order chi connectivity index (χ1) is 9.60. The van der Waals surface area contributed by atoms with Gasteiger partial charge in [-0.3, -0.25) is 4.90 Å². The zero-order chi connectivity index (χ0) is 15.0. The molecule has 1 aromatic carbocycles. The topological polar surface area (TPSA) is 44.7 Å². The maximum absolute atomic E-state index is 9.04. The Morgan fingerprint density at radius 1 is 1.35 bits per heavy atom. The lowest BCUT2D eigenvalue weighted by Crippen LogP contribution is -2.26. The number of aliphatic hydroxyl groups excluding tert-OH is 1. The van der Waals surface area contributed by atoms with Crippen molar-refractivity contribution in [2.45, 2.75) is 39.9 Å². The molecule has 0 aliphatic heterocycles. The lowest BCUT2D eigenvalue weighted by Gasteiger charge is -2.20. The zero-order valence-electron chi connectivity index (χ0n) is 13.1. The molecule has 0 heterocycles. The molecule has 0 spiro atoms. The highest BCUT2D eigenvalue weighted by Gasteiger charge is 2.08. The average Bonchev–Trinajstić information content (AvgIpc) is 2.45. The molecule has 0 aliphatic rings. The van der Waals surface area contributed by atoms with Gasteiger partial charge in [0.2, 0.25) is 0 Å². The molecule has 4 nitrogen and oxygen atoms in total. The SMILES string of the molecule is CCN(CCO)Cc1ccc(CNC(C)C)c(OC)c1. The van der Waals surface area contributed by atoms with Crippen LogP contribution in [0.4, 0.5) is 0 Å². The summed E-state index contributed by atoms with van der Waals surface area (Å²) in [5.74, 6) is 0.927. The van der Waals surface area contributed by atoms with Crippen LogP contribution in [0.25, 0.3) is 0 Å². The van der Waals surface area contributed by atoms with E-state index in [0.717, 1.165) is 25.4 Å². The van der Waals surface area contributed by atoms with Crippen molar-refractivity contribution in [3.8, 4) is 5.75 Å².